The number of rotatable bonds is 3. The second-order valence-electron chi connectivity index (χ2n) is 4.84. The Hall–Kier alpha value is -2.14. The maximum Gasteiger partial charge on any atom is 0.151 e. The lowest BCUT2D eigenvalue weighted by Gasteiger charge is -2.37. The van der Waals surface area contributed by atoms with Crippen molar-refractivity contribution in [1.82, 2.24) is 9.97 Å². The lowest BCUT2D eigenvalue weighted by atomic mass is 10.2. The summed E-state index contributed by atoms with van der Waals surface area (Å²) in [4.78, 5) is 13.4. The molecule has 0 spiro atoms. The monoisotopic (exact) mass is 269 g/mol. The van der Waals surface area contributed by atoms with Gasteiger partial charge in [-0.15, -0.1) is 0 Å². The van der Waals surface area contributed by atoms with E-state index in [1.807, 2.05) is 6.07 Å². The summed E-state index contributed by atoms with van der Waals surface area (Å²) in [5.74, 6) is 0.933. The summed E-state index contributed by atoms with van der Waals surface area (Å²) < 4.78 is 0. The second kappa shape index (κ2) is 5.88. The van der Waals surface area contributed by atoms with E-state index in [0.717, 1.165) is 37.7 Å². The summed E-state index contributed by atoms with van der Waals surface area (Å²) in [6.07, 6.45) is 3.43. The van der Waals surface area contributed by atoms with Crippen LogP contribution in [0.1, 0.15) is 5.69 Å². The molecule has 20 heavy (non-hydrogen) atoms. The molecule has 1 aromatic carbocycles. The number of anilines is 2. The van der Waals surface area contributed by atoms with E-state index >= 15 is 0 Å². The molecule has 5 nitrogen and oxygen atoms in total. The zero-order chi connectivity index (χ0) is 13.8. The molecule has 3 rings (SSSR count). The molecule has 2 N–H and O–H groups in total. The zero-order valence-corrected chi connectivity index (χ0v) is 11.4. The molecule has 5 heteroatoms. The molecule has 2 heterocycles. The van der Waals surface area contributed by atoms with Crippen molar-refractivity contribution in [2.45, 2.75) is 6.54 Å². The lowest BCUT2D eigenvalue weighted by Crippen LogP contribution is -2.47. The van der Waals surface area contributed by atoms with Crippen LogP contribution in [0.3, 0.4) is 0 Å². The summed E-state index contributed by atoms with van der Waals surface area (Å²) in [6, 6.07) is 10.5. The van der Waals surface area contributed by atoms with Crippen LogP contribution in [0.2, 0.25) is 0 Å². The van der Waals surface area contributed by atoms with E-state index in [1.54, 1.807) is 12.4 Å². The minimum absolute atomic E-state index is 0.433. The number of nitrogens with zero attached hydrogens (tertiary/aromatic N) is 4. The number of hydrogen-bond acceptors (Lipinski definition) is 5. The third kappa shape index (κ3) is 2.58. The predicted molar refractivity (Wildman–Crippen MR) is 80.8 cm³/mol. The summed E-state index contributed by atoms with van der Waals surface area (Å²) in [5, 5.41) is 0. The highest BCUT2D eigenvalue weighted by molar-refractivity contribution is 5.50. The Balaban J connectivity index is 1.70. The van der Waals surface area contributed by atoms with Crippen molar-refractivity contribution >= 4 is 11.5 Å². The fraction of sp³-hybridized carbons (Fsp3) is 0.333. The Morgan fingerprint density at radius 1 is 0.900 bits per heavy atom. The largest absolute Gasteiger partial charge is 0.368 e. The first-order valence-corrected chi connectivity index (χ1v) is 6.93. The lowest BCUT2D eigenvalue weighted by molar-refractivity contribution is 0.642. The van der Waals surface area contributed by atoms with Crippen LogP contribution in [0.5, 0.6) is 0 Å². The van der Waals surface area contributed by atoms with Crippen LogP contribution >= 0.6 is 0 Å². The van der Waals surface area contributed by atoms with E-state index < -0.39 is 0 Å². The van der Waals surface area contributed by atoms with Gasteiger partial charge in [-0.05, 0) is 12.1 Å². The SMILES string of the molecule is NCc1nccnc1N1CCN(c2ccccc2)CC1. The van der Waals surface area contributed by atoms with Gasteiger partial charge in [0, 0.05) is 50.8 Å². The van der Waals surface area contributed by atoms with Gasteiger partial charge in [-0.25, -0.2) is 4.98 Å². The van der Waals surface area contributed by atoms with Crippen LogP contribution in [0.4, 0.5) is 11.5 Å². The van der Waals surface area contributed by atoms with Crippen molar-refractivity contribution in [3.8, 4) is 0 Å². The Labute approximate surface area is 119 Å². The number of piperazine rings is 1. The molecule has 0 aliphatic carbocycles. The van der Waals surface area contributed by atoms with E-state index in [9.17, 15) is 0 Å². The number of aromatic nitrogens is 2. The Bertz CT molecular complexity index is 549. The molecule has 0 amide bonds. The van der Waals surface area contributed by atoms with Crippen LogP contribution in [0, 0.1) is 0 Å². The molecule has 2 aromatic rings. The number of benzene rings is 1. The van der Waals surface area contributed by atoms with Gasteiger partial charge in [-0.1, -0.05) is 18.2 Å². The average molecular weight is 269 g/mol. The Morgan fingerprint density at radius 2 is 1.55 bits per heavy atom. The van der Waals surface area contributed by atoms with Crippen molar-refractivity contribution < 1.29 is 0 Å². The highest BCUT2D eigenvalue weighted by Crippen LogP contribution is 2.20. The maximum absolute atomic E-state index is 5.74. The van der Waals surface area contributed by atoms with Gasteiger partial charge in [0.15, 0.2) is 5.82 Å². The summed E-state index contributed by atoms with van der Waals surface area (Å²) >= 11 is 0. The molecular formula is C15H19N5. The molecule has 0 atom stereocenters. The Kier molecular flexibility index (Phi) is 3.78. The highest BCUT2D eigenvalue weighted by atomic mass is 15.3. The van der Waals surface area contributed by atoms with Gasteiger partial charge < -0.3 is 15.5 Å². The van der Waals surface area contributed by atoms with Crippen molar-refractivity contribution in [2.75, 3.05) is 36.0 Å². The number of nitrogens with two attached hydrogens (primary N) is 1. The number of hydrogen-bond donors (Lipinski definition) is 1. The summed E-state index contributed by atoms with van der Waals surface area (Å²) in [5.41, 5.74) is 7.89. The minimum Gasteiger partial charge on any atom is -0.368 e. The Morgan fingerprint density at radius 3 is 2.25 bits per heavy atom. The molecule has 1 fully saturated rings. The minimum atomic E-state index is 0.433. The topological polar surface area (TPSA) is 58.3 Å². The quantitative estimate of drug-likeness (QED) is 0.909. The molecule has 1 aromatic heterocycles. The van der Waals surface area contributed by atoms with Crippen LogP contribution in [0.25, 0.3) is 0 Å². The van der Waals surface area contributed by atoms with E-state index in [4.69, 9.17) is 5.73 Å². The fourth-order valence-electron chi connectivity index (χ4n) is 2.58. The van der Waals surface area contributed by atoms with Crippen molar-refractivity contribution in [3.05, 3.63) is 48.4 Å². The molecular weight excluding hydrogens is 250 g/mol. The van der Waals surface area contributed by atoms with Gasteiger partial charge in [0.05, 0.1) is 5.69 Å². The van der Waals surface area contributed by atoms with E-state index in [2.05, 4.69) is 44.0 Å². The summed E-state index contributed by atoms with van der Waals surface area (Å²) in [6.45, 7) is 4.30. The third-order valence-electron chi connectivity index (χ3n) is 3.65. The third-order valence-corrected chi connectivity index (χ3v) is 3.65. The van der Waals surface area contributed by atoms with Crippen LogP contribution in [-0.4, -0.2) is 36.1 Å². The van der Waals surface area contributed by atoms with Gasteiger partial charge in [-0.3, -0.25) is 4.98 Å². The molecule has 104 valence electrons. The molecule has 1 aliphatic heterocycles. The summed E-state index contributed by atoms with van der Waals surface area (Å²) in [7, 11) is 0. The number of para-hydroxylation sites is 1. The van der Waals surface area contributed by atoms with E-state index in [0.29, 0.717) is 6.54 Å². The maximum atomic E-state index is 5.74. The molecule has 1 aliphatic rings. The first-order valence-electron chi connectivity index (χ1n) is 6.93. The first kappa shape index (κ1) is 12.9. The average Bonchev–Trinajstić information content (AvgIpc) is 2.56. The zero-order valence-electron chi connectivity index (χ0n) is 11.4. The molecule has 0 unspecified atom stereocenters. The van der Waals surface area contributed by atoms with Crippen molar-refractivity contribution in [1.29, 1.82) is 0 Å². The normalized spacial score (nSPS) is 15.4. The standard InChI is InChI=1S/C15H19N5/c16-12-14-15(18-7-6-17-14)20-10-8-19(9-11-20)13-4-2-1-3-5-13/h1-7H,8-12,16H2. The molecule has 0 bridgehead atoms. The fourth-order valence-corrected chi connectivity index (χ4v) is 2.58. The van der Waals surface area contributed by atoms with Gasteiger partial charge >= 0.3 is 0 Å². The molecule has 1 saturated heterocycles. The van der Waals surface area contributed by atoms with Crippen molar-refractivity contribution in [2.24, 2.45) is 5.73 Å². The van der Waals surface area contributed by atoms with Gasteiger partial charge in [0.25, 0.3) is 0 Å². The second-order valence-corrected chi connectivity index (χ2v) is 4.84. The van der Waals surface area contributed by atoms with Crippen LogP contribution in [-0.2, 0) is 6.54 Å². The van der Waals surface area contributed by atoms with Gasteiger partial charge in [0.2, 0.25) is 0 Å². The first-order chi connectivity index (χ1) is 9.88. The highest BCUT2D eigenvalue weighted by Gasteiger charge is 2.20. The van der Waals surface area contributed by atoms with Gasteiger partial charge in [-0.2, -0.15) is 0 Å². The van der Waals surface area contributed by atoms with E-state index in [-0.39, 0.29) is 0 Å². The smallest absolute Gasteiger partial charge is 0.151 e. The van der Waals surface area contributed by atoms with Crippen LogP contribution in [0.15, 0.2) is 42.7 Å². The van der Waals surface area contributed by atoms with Crippen LogP contribution < -0.4 is 15.5 Å². The van der Waals surface area contributed by atoms with E-state index in [1.165, 1.54) is 5.69 Å². The molecule has 0 saturated carbocycles. The molecule has 0 radical (unpaired) electrons. The van der Waals surface area contributed by atoms with Gasteiger partial charge in [0.1, 0.15) is 0 Å². The predicted octanol–water partition coefficient (Wildman–Crippen LogP) is 1.26. The van der Waals surface area contributed by atoms with Crippen molar-refractivity contribution in [3.63, 3.8) is 0 Å².